The lowest BCUT2D eigenvalue weighted by Crippen LogP contribution is -1.80. The molecule has 1 radical (unpaired) electrons. The van der Waals surface area contributed by atoms with Gasteiger partial charge in [0, 0.05) is 18.3 Å². The highest BCUT2D eigenvalue weighted by molar-refractivity contribution is 5.18. The molecule has 0 atom stereocenters. The smallest absolute Gasteiger partial charge is 0.0481 e. The normalized spacial score (nSPS) is 8.89. The fraction of sp³-hybridized carbons (Fsp3) is 0. The summed E-state index contributed by atoms with van der Waals surface area (Å²) in [5, 5.41) is 0. The number of aromatic nitrogens is 1. The van der Waals surface area contributed by atoms with E-state index < -0.39 is 0 Å². The summed E-state index contributed by atoms with van der Waals surface area (Å²) < 4.78 is 0. The van der Waals surface area contributed by atoms with E-state index in [0.29, 0.717) is 0 Å². The third-order valence-corrected chi connectivity index (χ3v) is 0.976. The van der Waals surface area contributed by atoms with Gasteiger partial charge in [0.1, 0.15) is 0 Å². The lowest BCUT2D eigenvalue weighted by molar-refractivity contribution is 1.24. The van der Waals surface area contributed by atoms with Crippen molar-refractivity contribution in [3.05, 3.63) is 49.2 Å². The van der Waals surface area contributed by atoms with Crippen LogP contribution in [0.3, 0.4) is 0 Å². The fourth-order valence-corrected chi connectivity index (χ4v) is 0.595. The van der Waals surface area contributed by atoms with Gasteiger partial charge in [0.25, 0.3) is 0 Å². The molecule has 1 nitrogen and oxygen atoms in total. The fourth-order valence-electron chi connectivity index (χ4n) is 0.595. The highest BCUT2D eigenvalue weighted by Crippen LogP contribution is 1.95. The molecule has 0 unspecified atom stereocenters. The average molecular weight is 118 g/mol. The van der Waals surface area contributed by atoms with Crippen molar-refractivity contribution >= 4 is 0 Å². The van der Waals surface area contributed by atoms with Crippen LogP contribution >= 0.6 is 0 Å². The second-order valence-corrected chi connectivity index (χ2v) is 1.66. The van der Waals surface area contributed by atoms with E-state index in [1.807, 2.05) is 24.6 Å². The molecule has 1 aromatic rings. The summed E-state index contributed by atoms with van der Waals surface area (Å²) in [5.41, 5.74) is 0.951. The van der Waals surface area contributed by atoms with Crippen molar-refractivity contribution in [1.82, 2.24) is 4.98 Å². The van der Waals surface area contributed by atoms with E-state index in [1.165, 1.54) is 0 Å². The zero-order valence-electron chi connectivity index (χ0n) is 5.12. The molecular formula is C8H8N. The van der Waals surface area contributed by atoms with Gasteiger partial charge in [-0.1, -0.05) is 12.1 Å². The van der Waals surface area contributed by atoms with E-state index in [9.17, 15) is 0 Å². The van der Waals surface area contributed by atoms with E-state index in [0.717, 1.165) is 5.69 Å². The number of pyridine rings is 1. The molecule has 0 saturated heterocycles. The molecule has 45 valence electrons. The number of hydrogen-bond donors (Lipinski definition) is 0. The Bertz CT molecular complexity index is 179. The Morgan fingerprint density at radius 2 is 2.33 bits per heavy atom. The molecule has 0 saturated carbocycles. The monoisotopic (exact) mass is 118 g/mol. The van der Waals surface area contributed by atoms with Gasteiger partial charge in [0.2, 0.25) is 0 Å². The lowest BCUT2D eigenvalue weighted by atomic mass is 10.3. The molecule has 0 bridgehead atoms. The van der Waals surface area contributed by atoms with Gasteiger partial charge in [-0.2, -0.15) is 0 Å². The maximum Gasteiger partial charge on any atom is 0.0481 e. The summed E-state index contributed by atoms with van der Waals surface area (Å²) in [4.78, 5) is 4.04. The third-order valence-electron chi connectivity index (χ3n) is 0.976. The van der Waals surface area contributed by atoms with Crippen LogP contribution in [-0.4, -0.2) is 4.98 Å². The van der Waals surface area contributed by atoms with Gasteiger partial charge in [-0.05, 0) is 12.1 Å². The van der Waals surface area contributed by atoms with Crippen molar-refractivity contribution in [1.29, 1.82) is 0 Å². The average Bonchev–Trinajstić information content (AvgIpc) is 1.91. The van der Waals surface area contributed by atoms with E-state index in [-0.39, 0.29) is 0 Å². The van der Waals surface area contributed by atoms with Crippen LogP contribution in [-0.2, 0) is 0 Å². The highest BCUT2D eigenvalue weighted by atomic mass is 14.6. The maximum absolute atomic E-state index is 4.04. The minimum Gasteiger partial charge on any atom is -0.261 e. The minimum absolute atomic E-state index is 0.951. The lowest BCUT2D eigenvalue weighted by Gasteiger charge is -1.89. The van der Waals surface area contributed by atoms with Gasteiger partial charge in [0.15, 0.2) is 0 Å². The van der Waals surface area contributed by atoms with Crippen LogP contribution in [0.15, 0.2) is 37.1 Å². The van der Waals surface area contributed by atoms with Crippen LogP contribution in [0.25, 0.3) is 0 Å². The molecule has 0 aromatic carbocycles. The maximum atomic E-state index is 4.04. The van der Waals surface area contributed by atoms with Gasteiger partial charge in [0.05, 0.1) is 0 Å². The van der Waals surface area contributed by atoms with E-state index in [2.05, 4.69) is 11.6 Å². The first-order valence-corrected chi connectivity index (χ1v) is 2.80. The number of allylic oxidation sites excluding steroid dienone is 1. The molecule has 1 heterocycles. The molecule has 1 aromatic heterocycles. The van der Waals surface area contributed by atoms with Crippen molar-refractivity contribution in [2.45, 2.75) is 0 Å². The third kappa shape index (κ3) is 1.68. The SMILES string of the molecule is C=C[CH][12c]1ccccn1. The Labute approximate surface area is 55.1 Å². The second-order valence-electron chi connectivity index (χ2n) is 1.66. The summed E-state index contributed by atoms with van der Waals surface area (Å²) >= 11 is 0. The van der Waals surface area contributed by atoms with Crippen LogP contribution in [0.2, 0.25) is 0 Å². The molecule has 0 fully saturated rings. The summed E-state index contributed by atoms with van der Waals surface area (Å²) in [7, 11) is 0. The molecule has 0 aliphatic carbocycles. The molecule has 1 rings (SSSR count). The molecule has 0 aliphatic rings. The summed E-state index contributed by atoms with van der Waals surface area (Å²) in [6.45, 7) is 3.56. The molecule has 0 amide bonds. The first-order chi connectivity index (χ1) is 4.43. The van der Waals surface area contributed by atoms with E-state index in [1.54, 1.807) is 12.3 Å². The Morgan fingerprint density at radius 1 is 1.44 bits per heavy atom. The van der Waals surface area contributed by atoms with Crippen molar-refractivity contribution in [2.24, 2.45) is 0 Å². The molecule has 9 heavy (non-hydrogen) atoms. The van der Waals surface area contributed by atoms with Crippen LogP contribution in [0, 0.1) is 6.42 Å². The largest absolute Gasteiger partial charge is 0.261 e. The Kier molecular flexibility index (Phi) is 2.02. The van der Waals surface area contributed by atoms with Crippen LogP contribution < -0.4 is 0 Å². The summed E-state index contributed by atoms with van der Waals surface area (Å²) in [5.74, 6) is 0. The van der Waals surface area contributed by atoms with Crippen LogP contribution in [0.5, 0.6) is 0 Å². The van der Waals surface area contributed by atoms with Gasteiger partial charge >= 0.3 is 0 Å². The van der Waals surface area contributed by atoms with Crippen molar-refractivity contribution in [3.63, 3.8) is 0 Å². The first-order valence-electron chi connectivity index (χ1n) is 2.80. The second kappa shape index (κ2) is 3.02. The zero-order chi connectivity index (χ0) is 6.53. The topological polar surface area (TPSA) is 12.9 Å². The molecule has 0 spiro atoms. The Balaban J connectivity index is 2.72. The quantitative estimate of drug-likeness (QED) is 0.577. The van der Waals surface area contributed by atoms with Crippen LogP contribution in [0.4, 0.5) is 0 Å². The highest BCUT2D eigenvalue weighted by Gasteiger charge is 1.84. The molecular weight excluding hydrogens is 110 g/mol. The van der Waals surface area contributed by atoms with Crippen molar-refractivity contribution in [3.8, 4) is 0 Å². The molecule has 0 N–H and O–H groups in total. The first kappa shape index (κ1) is 6.02. The van der Waals surface area contributed by atoms with Crippen LogP contribution in [0.1, 0.15) is 5.69 Å². The predicted molar refractivity (Wildman–Crippen MR) is 37.8 cm³/mol. The Hall–Kier alpha value is -1.11. The number of rotatable bonds is 2. The van der Waals surface area contributed by atoms with Gasteiger partial charge in [-0.3, -0.25) is 4.98 Å². The molecule has 1 heteroatoms. The standard InChI is InChI=1S/C8H8N/c1-2-5-8-6-3-4-7-9-8/h2-7H,1H2/i8+0. The number of hydrogen-bond acceptors (Lipinski definition) is 1. The number of nitrogens with zero attached hydrogens (tertiary/aromatic N) is 1. The van der Waals surface area contributed by atoms with Crippen molar-refractivity contribution in [2.75, 3.05) is 0 Å². The van der Waals surface area contributed by atoms with Gasteiger partial charge in [-0.15, -0.1) is 6.58 Å². The minimum atomic E-state index is 0.951. The van der Waals surface area contributed by atoms with Crippen molar-refractivity contribution < 1.29 is 0 Å². The van der Waals surface area contributed by atoms with Gasteiger partial charge in [-0.25, -0.2) is 0 Å². The van der Waals surface area contributed by atoms with E-state index in [4.69, 9.17) is 0 Å². The Morgan fingerprint density at radius 3 is 2.89 bits per heavy atom. The zero-order valence-corrected chi connectivity index (χ0v) is 5.12. The summed E-state index contributed by atoms with van der Waals surface area (Å²) in [6, 6.07) is 5.77. The predicted octanol–water partition coefficient (Wildman–Crippen LogP) is 1.82. The van der Waals surface area contributed by atoms with E-state index >= 15 is 0 Å². The van der Waals surface area contributed by atoms with Gasteiger partial charge < -0.3 is 0 Å². The molecule has 0 aliphatic heterocycles. The summed E-state index contributed by atoms with van der Waals surface area (Å²) in [6.07, 6.45) is 5.34.